The van der Waals surface area contributed by atoms with Gasteiger partial charge in [-0.3, -0.25) is 0 Å². The number of benzene rings is 1. The lowest BCUT2D eigenvalue weighted by molar-refractivity contribution is 0.413. The SMILES string of the molecule is CC1=C(C(C)C2CC2)NCCC1(C)c1ccccc1. The molecule has 19 heavy (non-hydrogen) atoms. The normalized spacial score (nSPS) is 29.0. The van der Waals surface area contributed by atoms with Gasteiger partial charge in [0, 0.05) is 17.7 Å². The van der Waals surface area contributed by atoms with Gasteiger partial charge in [0.15, 0.2) is 0 Å². The molecule has 0 radical (unpaired) electrons. The van der Waals surface area contributed by atoms with Crippen LogP contribution in [-0.4, -0.2) is 6.54 Å². The Morgan fingerprint density at radius 1 is 1.21 bits per heavy atom. The Balaban J connectivity index is 1.99. The van der Waals surface area contributed by atoms with E-state index in [4.69, 9.17) is 0 Å². The van der Waals surface area contributed by atoms with E-state index in [-0.39, 0.29) is 5.41 Å². The summed E-state index contributed by atoms with van der Waals surface area (Å²) < 4.78 is 0. The van der Waals surface area contributed by atoms with Gasteiger partial charge in [-0.15, -0.1) is 0 Å². The molecule has 0 spiro atoms. The lowest BCUT2D eigenvalue weighted by Gasteiger charge is -2.40. The van der Waals surface area contributed by atoms with Crippen molar-refractivity contribution in [1.82, 2.24) is 5.32 Å². The summed E-state index contributed by atoms with van der Waals surface area (Å²) in [6, 6.07) is 11.0. The molecule has 2 unspecified atom stereocenters. The van der Waals surface area contributed by atoms with E-state index in [2.05, 4.69) is 56.4 Å². The smallest absolute Gasteiger partial charge is 0.0167 e. The largest absolute Gasteiger partial charge is 0.388 e. The summed E-state index contributed by atoms with van der Waals surface area (Å²) in [7, 11) is 0. The van der Waals surface area contributed by atoms with E-state index in [0.717, 1.165) is 12.5 Å². The van der Waals surface area contributed by atoms with Crippen molar-refractivity contribution in [3.05, 3.63) is 47.2 Å². The fourth-order valence-corrected chi connectivity index (χ4v) is 3.57. The third-order valence-electron chi connectivity index (χ3n) is 5.37. The van der Waals surface area contributed by atoms with Crippen LogP contribution in [0.5, 0.6) is 0 Å². The Morgan fingerprint density at radius 2 is 1.89 bits per heavy atom. The highest BCUT2D eigenvalue weighted by atomic mass is 14.9. The molecule has 1 aliphatic carbocycles. The van der Waals surface area contributed by atoms with Crippen molar-refractivity contribution in [2.24, 2.45) is 11.8 Å². The Labute approximate surface area is 117 Å². The van der Waals surface area contributed by atoms with E-state index in [9.17, 15) is 0 Å². The molecule has 1 nitrogen and oxygen atoms in total. The molecule has 2 atom stereocenters. The fraction of sp³-hybridized carbons (Fsp3) is 0.556. The zero-order chi connectivity index (χ0) is 13.5. The minimum Gasteiger partial charge on any atom is -0.388 e. The first-order valence-electron chi connectivity index (χ1n) is 7.63. The second-order valence-corrected chi connectivity index (χ2v) is 6.54. The average molecular weight is 255 g/mol. The lowest BCUT2D eigenvalue weighted by Crippen LogP contribution is -2.39. The first-order chi connectivity index (χ1) is 9.13. The summed E-state index contributed by atoms with van der Waals surface area (Å²) in [5, 5.41) is 3.69. The quantitative estimate of drug-likeness (QED) is 0.851. The van der Waals surface area contributed by atoms with Crippen molar-refractivity contribution < 1.29 is 0 Å². The molecule has 1 saturated carbocycles. The van der Waals surface area contributed by atoms with E-state index >= 15 is 0 Å². The molecule has 1 aliphatic heterocycles. The minimum atomic E-state index is 0.213. The monoisotopic (exact) mass is 255 g/mol. The number of hydrogen-bond donors (Lipinski definition) is 1. The van der Waals surface area contributed by atoms with E-state index in [1.165, 1.54) is 30.5 Å². The van der Waals surface area contributed by atoms with Crippen molar-refractivity contribution in [2.75, 3.05) is 6.54 Å². The standard InChI is InChI=1S/C18H25N/c1-13(15-9-10-15)17-14(2)18(3,11-12-19-17)16-7-5-4-6-8-16/h4-8,13,15,19H,9-12H2,1-3H3. The van der Waals surface area contributed by atoms with Crippen molar-refractivity contribution in [3.63, 3.8) is 0 Å². The molecule has 1 heteroatoms. The summed E-state index contributed by atoms with van der Waals surface area (Å²) in [6.07, 6.45) is 4.03. The second kappa shape index (κ2) is 4.70. The molecule has 0 amide bonds. The number of rotatable bonds is 3. The van der Waals surface area contributed by atoms with Gasteiger partial charge in [0.2, 0.25) is 0 Å². The zero-order valence-electron chi connectivity index (χ0n) is 12.4. The van der Waals surface area contributed by atoms with Crippen molar-refractivity contribution >= 4 is 0 Å². The summed E-state index contributed by atoms with van der Waals surface area (Å²) in [4.78, 5) is 0. The van der Waals surface area contributed by atoms with Crippen LogP contribution in [0.25, 0.3) is 0 Å². The minimum absolute atomic E-state index is 0.213. The van der Waals surface area contributed by atoms with Crippen LogP contribution >= 0.6 is 0 Å². The van der Waals surface area contributed by atoms with Crippen LogP contribution in [0.1, 0.15) is 45.6 Å². The molecular weight excluding hydrogens is 230 g/mol. The summed E-state index contributed by atoms with van der Waals surface area (Å²) in [5.74, 6) is 1.64. The first kappa shape index (κ1) is 12.8. The zero-order valence-corrected chi connectivity index (χ0v) is 12.4. The second-order valence-electron chi connectivity index (χ2n) is 6.54. The predicted molar refractivity (Wildman–Crippen MR) is 81.0 cm³/mol. The first-order valence-corrected chi connectivity index (χ1v) is 7.63. The molecule has 1 aromatic carbocycles. The van der Waals surface area contributed by atoms with Crippen LogP contribution in [0, 0.1) is 11.8 Å². The predicted octanol–water partition coefficient (Wildman–Crippen LogP) is 4.26. The van der Waals surface area contributed by atoms with Gasteiger partial charge in [0.05, 0.1) is 0 Å². The van der Waals surface area contributed by atoms with Crippen molar-refractivity contribution in [1.29, 1.82) is 0 Å². The van der Waals surface area contributed by atoms with Gasteiger partial charge in [0.1, 0.15) is 0 Å². The molecule has 1 fully saturated rings. The third kappa shape index (κ3) is 2.20. The molecule has 0 saturated heterocycles. The van der Waals surface area contributed by atoms with E-state index < -0.39 is 0 Å². The molecule has 2 aliphatic rings. The molecule has 1 heterocycles. The summed E-state index contributed by atoms with van der Waals surface area (Å²) >= 11 is 0. The van der Waals surface area contributed by atoms with Crippen molar-refractivity contribution in [3.8, 4) is 0 Å². The van der Waals surface area contributed by atoms with Gasteiger partial charge >= 0.3 is 0 Å². The Kier molecular flexibility index (Phi) is 3.16. The van der Waals surface area contributed by atoms with Crippen LogP contribution in [0.4, 0.5) is 0 Å². The highest BCUT2D eigenvalue weighted by Gasteiger charge is 2.38. The summed E-state index contributed by atoms with van der Waals surface area (Å²) in [5.41, 5.74) is 4.77. The molecule has 0 aromatic heterocycles. The molecular formula is C18H25N. The molecule has 0 bridgehead atoms. The Hall–Kier alpha value is -1.24. The number of allylic oxidation sites excluding steroid dienone is 2. The van der Waals surface area contributed by atoms with Gasteiger partial charge in [-0.05, 0) is 49.2 Å². The van der Waals surface area contributed by atoms with Crippen LogP contribution in [-0.2, 0) is 5.41 Å². The van der Waals surface area contributed by atoms with Crippen LogP contribution < -0.4 is 5.32 Å². The topological polar surface area (TPSA) is 12.0 Å². The Bertz CT molecular complexity index is 484. The van der Waals surface area contributed by atoms with Crippen molar-refractivity contribution in [2.45, 2.75) is 45.4 Å². The average Bonchev–Trinajstić information content (AvgIpc) is 3.27. The maximum Gasteiger partial charge on any atom is 0.0167 e. The van der Waals surface area contributed by atoms with E-state index in [1.54, 1.807) is 5.57 Å². The van der Waals surface area contributed by atoms with Crippen LogP contribution in [0.15, 0.2) is 41.6 Å². The van der Waals surface area contributed by atoms with Gasteiger partial charge in [-0.25, -0.2) is 0 Å². The summed E-state index contributed by atoms with van der Waals surface area (Å²) in [6.45, 7) is 8.26. The van der Waals surface area contributed by atoms with Crippen LogP contribution in [0.2, 0.25) is 0 Å². The van der Waals surface area contributed by atoms with Crippen LogP contribution in [0.3, 0.4) is 0 Å². The maximum absolute atomic E-state index is 3.69. The third-order valence-corrected chi connectivity index (χ3v) is 5.37. The highest BCUT2D eigenvalue weighted by Crippen LogP contribution is 2.45. The lowest BCUT2D eigenvalue weighted by atomic mass is 9.70. The molecule has 1 N–H and O–H groups in total. The van der Waals surface area contributed by atoms with E-state index in [1.807, 2.05) is 0 Å². The molecule has 102 valence electrons. The van der Waals surface area contributed by atoms with Gasteiger partial charge in [-0.2, -0.15) is 0 Å². The van der Waals surface area contributed by atoms with Gasteiger partial charge in [0.25, 0.3) is 0 Å². The molecule has 1 aromatic rings. The number of hydrogen-bond acceptors (Lipinski definition) is 1. The molecule has 3 rings (SSSR count). The maximum atomic E-state index is 3.69. The highest BCUT2D eigenvalue weighted by molar-refractivity contribution is 5.39. The van der Waals surface area contributed by atoms with Gasteiger partial charge in [-0.1, -0.05) is 44.2 Å². The van der Waals surface area contributed by atoms with E-state index in [0.29, 0.717) is 5.92 Å². The number of nitrogens with one attached hydrogen (secondary N) is 1. The fourth-order valence-electron chi connectivity index (χ4n) is 3.57. The van der Waals surface area contributed by atoms with Gasteiger partial charge < -0.3 is 5.32 Å². The Morgan fingerprint density at radius 3 is 2.53 bits per heavy atom.